The van der Waals surface area contributed by atoms with Crippen molar-refractivity contribution in [2.75, 3.05) is 10.5 Å². The molecular formula is C12H17F3N2O2S. The maximum atomic E-state index is 12.6. The summed E-state index contributed by atoms with van der Waals surface area (Å²) in [4.78, 5) is 0. The highest BCUT2D eigenvalue weighted by Gasteiger charge is 2.31. The van der Waals surface area contributed by atoms with E-state index >= 15 is 0 Å². The lowest BCUT2D eigenvalue weighted by atomic mass is 10.1. The molecule has 0 atom stereocenters. The molecule has 0 saturated heterocycles. The van der Waals surface area contributed by atoms with E-state index in [4.69, 9.17) is 5.73 Å². The van der Waals surface area contributed by atoms with Gasteiger partial charge in [0.05, 0.1) is 17.0 Å². The molecule has 1 rings (SSSR count). The average molecular weight is 310 g/mol. The van der Waals surface area contributed by atoms with Gasteiger partial charge in [-0.15, -0.1) is 0 Å². The molecule has 0 aliphatic heterocycles. The molecule has 0 saturated carbocycles. The zero-order valence-electron chi connectivity index (χ0n) is 11.2. The minimum absolute atomic E-state index is 0.0844. The van der Waals surface area contributed by atoms with Crippen molar-refractivity contribution in [3.05, 3.63) is 29.3 Å². The molecule has 3 N–H and O–H groups in total. The lowest BCUT2D eigenvalue weighted by molar-refractivity contribution is -0.137. The third kappa shape index (κ3) is 4.68. The number of hydrogen-bond acceptors (Lipinski definition) is 3. The van der Waals surface area contributed by atoms with Crippen molar-refractivity contribution in [1.82, 2.24) is 0 Å². The molecule has 0 aliphatic rings. The summed E-state index contributed by atoms with van der Waals surface area (Å²) in [6, 6.07) is 2.77. The SMILES string of the molecule is CC(C)CS(=O)(=O)Nc1ccc(C(F)(F)F)cc1CN. The second-order valence-corrected chi connectivity index (χ2v) is 6.62. The molecule has 0 fully saturated rings. The maximum absolute atomic E-state index is 12.6. The van der Waals surface area contributed by atoms with Gasteiger partial charge in [-0.05, 0) is 29.7 Å². The predicted octanol–water partition coefficient (Wildman–Crippen LogP) is 2.56. The lowest BCUT2D eigenvalue weighted by Crippen LogP contribution is -2.21. The molecule has 0 radical (unpaired) electrons. The number of benzene rings is 1. The van der Waals surface area contributed by atoms with Crippen LogP contribution in [0.3, 0.4) is 0 Å². The van der Waals surface area contributed by atoms with Gasteiger partial charge in [0.2, 0.25) is 10.0 Å². The fraction of sp³-hybridized carbons (Fsp3) is 0.500. The number of halogens is 3. The first-order valence-electron chi connectivity index (χ1n) is 5.96. The monoisotopic (exact) mass is 310 g/mol. The van der Waals surface area contributed by atoms with Crippen molar-refractivity contribution in [1.29, 1.82) is 0 Å². The van der Waals surface area contributed by atoms with Crippen molar-refractivity contribution in [2.24, 2.45) is 11.7 Å². The summed E-state index contributed by atoms with van der Waals surface area (Å²) >= 11 is 0. The third-order valence-electron chi connectivity index (χ3n) is 2.47. The first-order valence-corrected chi connectivity index (χ1v) is 7.61. The molecule has 114 valence electrons. The van der Waals surface area contributed by atoms with E-state index in [2.05, 4.69) is 4.72 Å². The van der Waals surface area contributed by atoms with Crippen LogP contribution in [0.25, 0.3) is 0 Å². The van der Waals surface area contributed by atoms with Crippen LogP contribution >= 0.6 is 0 Å². The highest BCUT2D eigenvalue weighted by molar-refractivity contribution is 7.92. The summed E-state index contributed by atoms with van der Waals surface area (Å²) in [6.07, 6.45) is -4.49. The second-order valence-electron chi connectivity index (χ2n) is 4.85. The van der Waals surface area contributed by atoms with Crippen LogP contribution in [0.15, 0.2) is 18.2 Å². The van der Waals surface area contributed by atoms with Crippen LogP contribution in [-0.2, 0) is 22.7 Å². The fourth-order valence-electron chi connectivity index (χ4n) is 1.69. The van der Waals surface area contributed by atoms with Crippen molar-refractivity contribution in [2.45, 2.75) is 26.6 Å². The highest BCUT2D eigenvalue weighted by atomic mass is 32.2. The van der Waals surface area contributed by atoms with Crippen LogP contribution in [0.5, 0.6) is 0 Å². The van der Waals surface area contributed by atoms with E-state index in [-0.39, 0.29) is 29.5 Å². The average Bonchev–Trinajstić information content (AvgIpc) is 2.25. The van der Waals surface area contributed by atoms with Crippen molar-refractivity contribution in [3.63, 3.8) is 0 Å². The molecule has 1 aromatic carbocycles. The summed E-state index contributed by atoms with van der Waals surface area (Å²) in [6.45, 7) is 3.27. The number of nitrogens with one attached hydrogen (secondary N) is 1. The quantitative estimate of drug-likeness (QED) is 0.878. The number of sulfonamides is 1. The van der Waals surface area contributed by atoms with Gasteiger partial charge in [0.25, 0.3) is 0 Å². The van der Waals surface area contributed by atoms with E-state index in [0.717, 1.165) is 18.2 Å². The predicted molar refractivity (Wildman–Crippen MR) is 71.6 cm³/mol. The molecule has 20 heavy (non-hydrogen) atoms. The van der Waals surface area contributed by atoms with Crippen molar-refractivity contribution >= 4 is 15.7 Å². The molecule has 1 aromatic rings. The van der Waals surface area contributed by atoms with Gasteiger partial charge in [0.1, 0.15) is 0 Å². The zero-order chi connectivity index (χ0) is 15.6. The normalized spacial score (nSPS) is 12.8. The molecule has 8 heteroatoms. The Balaban J connectivity index is 3.09. The Hall–Kier alpha value is -1.28. The summed E-state index contributed by atoms with van der Waals surface area (Å²) in [7, 11) is -3.60. The molecule has 0 aliphatic carbocycles. The number of alkyl halides is 3. The Morgan fingerprint density at radius 1 is 1.30 bits per heavy atom. The number of nitrogens with two attached hydrogens (primary N) is 1. The van der Waals surface area contributed by atoms with Gasteiger partial charge in [-0.25, -0.2) is 8.42 Å². The standard InChI is InChI=1S/C12H17F3N2O2S/c1-8(2)7-20(18,19)17-11-4-3-10(12(13,14)15)5-9(11)6-16/h3-5,8,17H,6-7,16H2,1-2H3. The van der Waals surface area contributed by atoms with Gasteiger partial charge in [-0.1, -0.05) is 13.8 Å². The van der Waals surface area contributed by atoms with Gasteiger partial charge in [-0.3, -0.25) is 4.72 Å². The molecule has 0 bridgehead atoms. The van der Waals surface area contributed by atoms with Crippen LogP contribution in [0.1, 0.15) is 25.0 Å². The van der Waals surface area contributed by atoms with Crippen molar-refractivity contribution < 1.29 is 21.6 Å². The van der Waals surface area contributed by atoms with Crippen molar-refractivity contribution in [3.8, 4) is 0 Å². The van der Waals surface area contributed by atoms with E-state index in [9.17, 15) is 21.6 Å². The van der Waals surface area contributed by atoms with Gasteiger partial charge < -0.3 is 5.73 Å². The van der Waals surface area contributed by atoms with Gasteiger partial charge in [0, 0.05) is 6.54 Å². The van der Waals surface area contributed by atoms with E-state index in [1.807, 2.05) is 0 Å². The maximum Gasteiger partial charge on any atom is 0.416 e. The van der Waals surface area contributed by atoms with Crippen LogP contribution < -0.4 is 10.5 Å². The van der Waals surface area contributed by atoms with E-state index in [1.54, 1.807) is 13.8 Å². The Kier molecular flexibility index (Phi) is 5.04. The van der Waals surface area contributed by atoms with Crippen LogP contribution in [0.2, 0.25) is 0 Å². The summed E-state index contributed by atoms with van der Waals surface area (Å²) < 4.78 is 63.5. The molecule has 4 nitrogen and oxygen atoms in total. The minimum atomic E-state index is -4.49. The number of hydrogen-bond donors (Lipinski definition) is 2. The topological polar surface area (TPSA) is 72.2 Å². The highest BCUT2D eigenvalue weighted by Crippen LogP contribution is 2.32. The fourth-order valence-corrected chi connectivity index (χ4v) is 3.18. The molecule has 0 amide bonds. The summed E-state index contributed by atoms with van der Waals surface area (Å²) in [5.41, 5.74) is 4.71. The molecule has 0 aromatic heterocycles. The Bertz CT molecular complexity index is 569. The lowest BCUT2D eigenvalue weighted by Gasteiger charge is -2.15. The smallest absolute Gasteiger partial charge is 0.326 e. The molecule has 0 heterocycles. The second kappa shape index (κ2) is 6.01. The van der Waals surface area contributed by atoms with Crippen LogP contribution in [0.4, 0.5) is 18.9 Å². The number of rotatable bonds is 5. The number of anilines is 1. The van der Waals surface area contributed by atoms with Crippen LogP contribution in [0, 0.1) is 5.92 Å². The molecule has 0 spiro atoms. The molecular weight excluding hydrogens is 293 g/mol. The van der Waals surface area contributed by atoms with Gasteiger partial charge in [-0.2, -0.15) is 13.2 Å². The van der Waals surface area contributed by atoms with E-state index < -0.39 is 21.8 Å². The van der Waals surface area contributed by atoms with E-state index in [1.165, 1.54) is 0 Å². The summed E-state index contributed by atoms with van der Waals surface area (Å²) in [5.74, 6) is -0.207. The molecule has 0 unspecified atom stereocenters. The third-order valence-corrected chi connectivity index (χ3v) is 4.11. The largest absolute Gasteiger partial charge is 0.416 e. The van der Waals surface area contributed by atoms with Crippen LogP contribution in [-0.4, -0.2) is 14.2 Å². The van der Waals surface area contributed by atoms with Gasteiger partial charge >= 0.3 is 6.18 Å². The Morgan fingerprint density at radius 2 is 1.90 bits per heavy atom. The first kappa shape index (κ1) is 16.8. The minimum Gasteiger partial charge on any atom is -0.326 e. The Labute approximate surface area is 116 Å². The van der Waals surface area contributed by atoms with E-state index in [0.29, 0.717) is 0 Å². The first-order chi connectivity index (χ1) is 9.05. The summed E-state index contributed by atoms with van der Waals surface area (Å²) in [5, 5.41) is 0. The zero-order valence-corrected chi connectivity index (χ0v) is 12.0. The van der Waals surface area contributed by atoms with Gasteiger partial charge in [0.15, 0.2) is 0 Å². The Morgan fingerprint density at radius 3 is 2.35 bits per heavy atom.